The number of thiazole rings is 1. The number of benzene rings is 2. The highest BCUT2D eigenvalue weighted by Crippen LogP contribution is 2.29. The van der Waals surface area contributed by atoms with Gasteiger partial charge in [0.15, 0.2) is 17.4 Å². The Labute approximate surface area is 220 Å². The zero-order valence-corrected chi connectivity index (χ0v) is 21.1. The summed E-state index contributed by atoms with van der Waals surface area (Å²) < 4.78 is 23.8. The summed E-state index contributed by atoms with van der Waals surface area (Å²) in [7, 11) is 0. The number of pyridine rings is 1. The second-order valence-electron chi connectivity index (χ2n) is 8.49. The Morgan fingerprint density at radius 2 is 1.84 bits per heavy atom. The molecule has 4 aromatic heterocycles. The average molecular weight is 525 g/mol. The molecule has 0 radical (unpaired) electrons. The van der Waals surface area contributed by atoms with E-state index in [-0.39, 0.29) is 11.3 Å². The number of para-hydroxylation sites is 1. The van der Waals surface area contributed by atoms with Gasteiger partial charge in [0.25, 0.3) is 5.56 Å². The summed E-state index contributed by atoms with van der Waals surface area (Å²) in [5.41, 5.74) is 3.09. The number of aromatic nitrogens is 6. The molecule has 0 aliphatic rings. The fraction of sp³-hybridized carbons (Fsp3) is 0.107. The maximum Gasteiger partial charge on any atom is 0.291 e. The Morgan fingerprint density at radius 3 is 2.58 bits per heavy atom. The van der Waals surface area contributed by atoms with E-state index in [0.717, 1.165) is 17.7 Å². The smallest absolute Gasteiger partial charge is 0.291 e. The number of hydrogen-bond acceptors (Lipinski definition) is 7. The van der Waals surface area contributed by atoms with Gasteiger partial charge in [-0.25, -0.2) is 9.07 Å². The number of hydrogen-bond donors (Lipinski definition) is 0. The molecule has 0 fully saturated rings. The van der Waals surface area contributed by atoms with Crippen LogP contribution in [0, 0.1) is 5.82 Å². The first kappa shape index (κ1) is 23.7. The molecule has 2 aromatic carbocycles. The van der Waals surface area contributed by atoms with Gasteiger partial charge in [-0.15, -0.1) is 5.10 Å². The van der Waals surface area contributed by atoms with Crippen LogP contribution in [0.1, 0.15) is 18.9 Å². The molecule has 8 nitrogen and oxygen atoms in total. The number of nitrogens with zero attached hydrogens (tertiary/aromatic N) is 6. The van der Waals surface area contributed by atoms with Crippen LogP contribution in [0.15, 0.2) is 84.0 Å². The molecular formula is C28H21FN6O2S. The quantitative estimate of drug-likeness (QED) is 0.305. The fourth-order valence-electron chi connectivity index (χ4n) is 4.01. The van der Waals surface area contributed by atoms with E-state index in [1.165, 1.54) is 21.9 Å². The van der Waals surface area contributed by atoms with Crippen LogP contribution >= 0.6 is 11.3 Å². The third-order valence-electron chi connectivity index (χ3n) is 5.84. The number of ether oxygens (including phenoxy) is 1. The van der Waals surface area contributed by atoms with Crippen molar-refractivity contribution in [1.29, 1.82) is 0 Å². The normalized spacial score (nSPS) is 11.9. The molecule has 188 valence electrons. The maximum atomic E-state index is 14.8. The summed E-state index contributed by atoms with van der Waals surface area (Å²) in [6.45, 7) is 2.40. The van der Waals surface area contributed by atoms with E-state index in [4.69, 9.17) is 9.84 Å². The van der Waals surface area contributed by atoms with E-state index in [2.05, 4.69) is 15.1 Å². The lowest BCUT2D eigenvalue weighted by atomic mass is 10.1. The molecule has 38 heavy (non-hydrogen) atoms. The molecule has 0 spiro atoms. The van der Waals surface area contributed by atoms with Crippen molar-refractivity contribution in [1.82, 2.24) is 29.4 Å². The van der Waals surface area contributed by atoms with Gasteiger partial charge in [0.1, 0.15) is 5.69 Å². The average Bonchev–Trinajstić information content (AvgIpc) is 3.64. The van der Waals surface area contributed by atoms with E-state index in [9.17, 15) is 9.18 Å². The maximum absolute atomic E-state index is 14.8. The van der Waals surface area contributed by atoms with Gasteiger partial charge >= 0.3 is 0 Å². The molecule has 0 saturated heterocycles. The molecule has 6 rings (SSSR count). The molecule has 0 atom stereocenters. The Balaban J connectivity index is 1.46. The van der Waals surface area contributed by atoms with Crippen LogP contribution in [-0.4, -0.2) is 36.0 Å². The van der Waals surface area contributed by atoms with Crippen LogP contribution in [-0.2, 0) is 0 Å². The van der Waals surface area contributed by atoms with Crippen molar-refractivity contribution in [3.05, 3.63) is 106 Å². The Bertz CT molecular complexity index is 1850. The topological polar surface area (TPSA) is 87.2 Å². The van der Waals surface area contributed by atoms with Gasteiger partial charge in [-0.05, 0) is 55.0 Å². The second kappa shape index (κ2) is 9.98. The van der Waals surface area contributed by atoms with Crippen LogP contribution in [0.5, 0.6) is 5.75 Å². The van der Waals surface area contributed by atoms with E-state index in [1.54, 1.807) is 47.4 Å². The molecule has 10 heteroatoms. The van der Waals surface area contributed by atoms with Crippen molar-refractivity contribution in [3.63, 3.8) is 0 Å². The highest BCUT2D eigenvalue weighted by Gasteiger charge is 2.16. The monoisotopic (exact) mass is 524 g/mol. The predicted octanol–water partition coefficient (Wildman–Crippen LogP) is 4.54. The van der Waals surface area contributed by atoms with Crippen molar-refractivity contribution in [2.75, 3.05) is 6.61 Å². The van der Waals surface area contributed by atoms with Crippen molar-refractivity contribution in [3.8, 4) is 34.1 Å². The highest BCUT2D eigenvalue weighted by molar-refractivity contribution is 7.15. The van der Waals surface area contributed by atoms with Crippen molar-refractivity contribution < 1.29 is 9.13 Å². The summed E-state index contributed by atoms with van der Waals surface area (Å²) in [5.74, 6) is 0.185. The molecule has 0 N–H and O–H groups in total. The SMILES string of the molecule is CCCOc1ccc(-c2nn(-c3ccccc3)cc2/C=c2\sc3nc(-c4ccncc4)nn3c2=O)cc1F. The van der Waals surface area contributed by atoms with Crippen LogP contribution in [0.4, 0.5) is 4.39 Å². The first-order valence-corrected chi connectivity index (χ1v) is 12.8. The molecule has 4 heterocycles. The molecule has 0 amide bonds. The number of halogens is 1. The summed E-state index contributed by atoms with van der Waals surface area (Å²) in [6, 6.07) is 17.9. The van der Waals surface area contributed by atoms with Gasteiger partial charge in [0, 0.05) is 35.3 Å². The third kappa shape index (κ3) is 4.46. The minimum Gasteiger partial charge on any atom is -0.491 e. The lowest BCUT2D eigenvalue weighted by Gasteiger charge is -2.07. The molecule has 0 bridgehead atoms. The van der Waals surface area contributed by atoms with Crippen molar-refractivity contribution in [2.45, 2.75) is 13.3 Å². The summed E-state index contributed by atoms with van der Waals surface area (Å²) in [4.78, 5) is 22.2. The molecule has 0 aliphatic carbocycles. The predicted molar refractivity (Wildman–Crippen MR) is 144 cm³/mol. The standard InChI is InChI=1S/C28H21FN6O2S/c1-2-14-37-23-9-8-19(15-22(23)29)25-20(17-34(32-25)21-6-4-3-5-7-21)16-24-27(36)35-28(38-24)31-26(33-35)18-10-12-30-13-11-18/h3-13,15-17H,2,14H2,1H3/b24-16-. The van der Waals surface area contributed by atoms with E-state index in [0.29, 0.717) is 38.7 Å². The largest absolute Gasteiger partial charge is 0.491 e. The lowest BCUT2D eigenvalue weighted by molar-refractivity contribution is 0.301. The fourth-order valence-corrected chi connectivity index (χ4v) is 4.90. The van der Waals surface area contributed by atoms with E-state index >= 15 is 0 Å². The Morgan fingerprint density at radius 1 is 1.03 bits per heavy atom. The second-order valence-corrected chi connectivity index (χ2v) is 9.50. The number of fused-ring (bicyclic) bond motifs is 1. The minimum absolute atomic E-state index is 0.195. The summed E-state index contributed by atoms with van der Waals surface area (Å²) >= 11 is 1.23. The molecule has 0 unspecified atom stereocenters. The van der Waals surface area contributed by atoms with E-state index < -0.39 is 5.82 Å². The zero-order valence-electron chi connectivity index (χ0n) is 20.3. The first-order valence-electron chi connectivity index (χ1n) is 12.0. The van der Waals surface area contributed by atoms with Crippen LogP contribution in [0.2, 0.25) is 0 Å². The summed E-state index contributed by atoms with van der Waals surface area (Å²) in [6.07, 6.45) is 7.65. The van der Waals surface area contributed by atoms with Crippen LogP contribution in [0.3, 0.4) is 0 Å². The Kier molecular flexibility index (Phi) is 6.22. The molecular weight excluding hydrogens is 503 g/mol. The van der Waals surface area contributed by atoms with Crippen LogP contribution < -0.4 is 14.8 Å². The van der Waals surface area contributed by atoms with Crippen molar-refractivity contribution in [2.24, 2.45) is 0 Å². The van der Waals surface area contributed by atoms with Gasteiger partial charge in [0.05, 0.1) is 16.8 Å². The van der Waals surface area contributed by atoms with Crippen LogP contribution in [0.25, 0.3) is 39.4 Å². The highest BCUT2D eigenvalue weighted by atomic mass is 32.1. The zero-order chi connectivity index (χ0) is 26.1. The van der Waals surface area contributed by atoms with Gasteiger partial charge in [-0.3, -0.25) is 9.78 Å². The van der Waals surface area contributed by atoms with Gasteiger partial charge in [-0.2, -0.15) is 14.6 Å². The van der Waals surface area contributed by atoms with Gasteiger partial charge in [-0.1, -0.05) is 36.5 Å². The molecule has 0 saturated carbocycles. The van der Waals surface area contributed by atoms with Crippen molar-refractivity contribution >= 4 is 22.4 Å². The first-order chi connectivity index (χ1) is 18.6. The molecule has 6 aromatic rings. The lowest BCUT2D eigenvalue weighted by Crippen LogP contribution is -2.23. The summed E-state index contributed by atoms with van der Waals surface area (Å²) in [5, 5.41) is 9.14. The van der Waals surface area contributed by atoms with Gasteiger partial charge < -0.3 is 4.74 Å². The Hall–Kier alpha value is -4.70. The molecule has 0 aliphatic heterocycles. The third-order valence-corrected chi connectivity index (χ3v) is 6.80. The van der Waals surface area contributed by atoms with Gasteiger partial charge in [0.2, 0.25) is 4.96 Å². The van der Waals surface area contributed by atoms with E-state index in [1.807, 2.05) is 43.5 Å². The minimum atomic E-state index is -0.469. The number of rotatable bonds is 7.